The first-order chi connectivity index (χ1) is 14.4. The zero-order valence-electron chi connectivity index (χ0n) is 17.2. The SMILES string of the molecule is COc1ccc(C2=CC(c3ccc(Cl)cc3)N3C(=N2)SC(C(=O)N(C)C)=C3C)cc1. The molecule has 30 heavy (non-hydrogen) atoms. The number of thioether (sulfide) groups is 1. The van der Waals surface area contributed by atoms with E-state index in [1.165, 1.54) is 11.8 Å². The molecular formula is C23H22ClN3O2S. The van der Waals surface area contributed by atoms with Gasteiger partial charge in [0.05, 0.1) is 23.8 Å². The molecule has 0 saturated carbocycles. The normalized spacial score (nSPS) is 18.0. The lowest BCUT2D eigenvalue weighted by Crippen LogP contribution is -2.30. The molecule has 0 N–H and O–H groups in total. The Morgan fingerprint density at radius 2 is 1.80 bits per heavy atom. The van der Waals surface area contributed by atoms with E-state index in [4.69, 9.17) is 21.3 Å². The zero-order chi connectivity index (χ0) is 21.4. The summed E-state index contributed by atoms with van der Waals surface area (Å²) in [6.07, 6.45) is 2.13. The zero-order valence-corrected chi connectivity index (χ0v) is 18.8. The van der Waals surface area contributed by atoms with Crippen LogP contribution < -0.4 is 4.74 Å². The largest absolute Gasteiger partial charge is 0.497 e. The summed E-state index contributed by atoms with van der Waals surface area (Å²) in [5.74, 6) is 0.778. The Morgan fingerprint density at radius 3 is 2.40 bits per heavy atom. The molecule has 1 amide bonds. The van der Waals surface area contributed by atoms with Crippen molar-refractivity contribution in [1.82, 2.24) is 9.80 Å². The number of fused-ring (bicyclic) bond motifs is 1. The highest BCUT2D eigenvalue weighted by molar-refractivity contribution is 8.18. The highest BCUT2D eigenvalue weighted by atomic mass is 35.5. The van der Waals surface area contributed by atoms with Gasteiger partial charge in [-0.25, -0.2) is 4.99 Å². The first-order valence-corrected chi connectivity index (χ1v) is 10.7. The lowest BCUT2D eigenvalue weighted by Gasteiger charge is -2.32. The number of nitrogens with zero attached hydrogens (tertiary/aromatic N) is 3. The smallest absolute Gasteiger partial charge is 0.262 e. The molecule has 0 fully saturated rings. The maximum atomic E-state index is 12.7. The summed E-state index contributed by atoms with van der Waals surface area (Å²) in [7, 11) is 5.18. The lowest BCUT2D eigenvalue weighted by molar-refractivity contribution is -0.124. The van der Waals surface area contributed by atoms with Crippen molar-refractivity contribution in [3.05, 3.63) is 81.4 Å². The van der Waals surface area contributed by atoms with Crippen LogP contribution in [0.15, 0.2) is 70.2 Å². The molecule has 7 heteroatoms. The van der Waals surface area contributed by atoms with E-state index in [0.29, 0.717) is 9.93 Å². The minimum absolute atomic E-state index is 0.0181. The average molecular weight is 440 g/mol. The van der Waals surface area contributed by atoms with Gasteiger partial charge in [-0.05, 0) is 66.7 Å². The number of likely N-dealkylation sites (N-methyl/N-ethyl adjacent to an activating group) is 1. The van der Waals surface area contributed by atoms with Crippen molar-refractivity contribution in [3.63, 3.8) is 0 Å². The van der Waals surface area contributed by atoms with Crippen molar-refractivity contribution in [2.45, 2.75) is 13.0 Å². The molecule has 0 bridgehead atoms. The Bertz CT molecular complexity index is 1070. The van der Waals surface area contributed by atoms with Gasteiger partial charge in [0.25, 0.3) is 5.91 Å². The van der Waals surface area contributed by atoms with Gasteiger partial charge in [0.1, 0.15) is 5.75 Å². The molecule has 0 aliphatic carbocycles. The quantitative estimate of drug-likeness (QED) is 0.659. The number of methoxy groups -OCH3 is 1. The summed E-state index contributed by atoms with van der Waals surface area (Å²) in [6.45, 7) is 1.97. The molecule has 0 saturated heterocycles. The van der Waals surface area contributed by atoms with Crippen LogP contribution >= 0.6 is 23.4 Å². The highest BCUT2D eigenvalue weighted by Gasteiger charge is 2.38. The first-order valence-electron chi connectivity index (χ1n) is 9.49. The van der Waals surface area contributed by atoms with E-state index < -0.39 is 0 Å². The number of hydrogen-bond donors (Lipinski definition) is 0. The molecule has 2 aromatic rings. The molecule has 2 aromatic carbocycles. The van der Waals surface area contributed by atoms with Crippen molar-refractivity contribution < 1.29 is 9.53 Å². The van der Waals surface area contributed by atoms with Crippen molar-refractivity contribution in [3.8, 4) is 5.75 Å². The van der Waals surface area contributed by atoms with Gasteiger partial charge < -0.3 is 14.5 Å². The van der Waals surface area contributed by atoms with Crippen LogP contribution in [-0.2, 0) is 4.79 Å². The Kier molecular flexibility index (Phi) is 5.62. The van der Waals surface area contributed by atoms with Crippen molar-refractivity contribution >= 4 is 40.1 Å². The van der Waals surface area contributed by atoms with E-state index in [9.17, 15) is 4.79 Å². The van der Waals surface area contributed by atoms with Gasteiger partial charge in [0.2, 0.25) is 0 Å². The van der Waals surface area contributed by atoms with Crippen LogP contribution in [0.3, 0.4) is 0 Å². The van der Waals surface area contributed by atoms with E-state index >= 15 is 0 Å². The maximum Gasteiger partial charge on any atom is 0.262 e. The topological polar surface area (TPSA) is 45.1 Å². The fourth-order valence-corrected chi connectivity index (χ4v) is 4.78. The average Bonchev–Trinajstić information content (AvgIpc) is 3.09. The number of halogens is 1. The third kappa shape index (κ3) is 3.73. The summed E-state index contributed by atoms with van der Waals surface area (Å²) in [5.41, 5.74) is 3.84. The fourth-order valence-electron chi connectivity index (χ4n) is 3.47. The van der Waals surface area contributed by atoms with Gasteiger partial charge >= 0.3 is 0 Å². The standard InChI is InChI=1S/C23H22ClN3O2S/c1-14-21(22(28)26(2)3)30-23-25-19(15-7-11-18(29-4)12-8-15)13-20(27(14)23)16-5-9-17(24)10-6-16/h5-13,20H,1-4H3. The van der Waals surface area contributed by atoms with Crippen LogP contribution in [0.4, 0.5) is 0 Å². The third-order valence-corrected chi connectivity index (χ3v) is 6.49. The summed E-state index contributed by atoms with van der Waals surface area (Å²) < 4.78 is 5.28. The predicted octanol–water partition coefficient (Wildman–Crippen LogP) is 5.17. The van der Waals surface area contributed by atoms with Crippen LogP contribution in [0.2, 0.25) is 5.02 Å². The number of aliphatic imine (C=N–C) groups is 1. The van der Waals surface area contributed by atoms with Crippen LogP contribution in [0.5, 0.6) is 5.75 Å². The van der Waals surface area contributed by atoms with Gasteiger partial charge in [-0.2, -0.15) is 0 Å². The number of ether oxygens (including phenoxy) is 1. The molecule has 154 valence electrons. The number of allylic oxidation sites excluding steroid dienone is 1. The molecule has 4 rings (SSSR count). The second kappa shape index (κ2) is 8.20. The number of carbonyl (C=O) groups is 1. The van der Waals surface area contributed by atoms with Gasteiger partial charge in [-0.1, -0.05) is 23.7 Å². The summed E-state index contributed by atoms with van der Waals surface area (Å²) in [4.78, 5) is 22.0. The molecule has 2 aliphatic heterocycles. The second-order valence-electron chi connectivity index (χ2n) is 7.26. The summed E-state index contributed by atoms with van der Waals surface area (Å²) in [5, 5.41) is 1.49. The minimum atomic E-state index is -0.0909. The van der Waals surface area contributed by atoms with E-state index in [2.05, 4.69) is 11.0 Å². The number of carbonyl (C=O) groups excluding carboxylic acids is 1. The molecular weight excluding hydrogens is 418 g/mol. The molecule has 1 unspecified atom stereocenters. The van der Waals surface area contributed by atoms with Crippen molar-refractivity contribution in [2.24, 2.45) is 4.99 Å². The van der Waals surface area contributed by atoms with E-state index in [-0.39, 0.29) is 11.9 Å². The Hall–Kier alpha value is -2.70. The van der Waals surface area contributed by atoms with Crippen molar-refractivity contribution in [1.29, 1.82) is 0 Å². The van der Waals surface area contributed by atoms with E-state index in [1.54, 1.807) is 26.1 Å². The Morgan fingerprint density at radius 1 is 1.13 bits per heavy atom. The highest BCUT2D eigenvalue weighted by Crippen LogP contribution is 2.45. The molecule has 5 nitrogen and oxygen atoms in total. The molecule has 2 heterocycles. The van der Waals surface area contributed by atoms with Gasteiger partial charge in [-0.3, -0.25) is 4.79 Å². The van der Waals surface area contributed by atoms with Crippen molar-refractivity contribution in [2.75, 3.05) is 21.2 Å². The minimum Gasteiger partial charge on any atom is -0.497 e. The molecule has 0 aromatic heterocycles. The number of hydrogen-bond acceptors (Lipinski definition) is 5. The third-order valence-electron chi connectivity index (χ3n) is 5.10. The van der Waals surface area contributed by atoms with Crippen LogP contribution in [-0.4, -0.2) is 42.1 Å². The predicted molar refractivity (Wildman–Crippen MR) is 123 cm³/mol. The van der Waals surface area contributed by atoms with Gasteiger partial charge in [-0.15, -0.1) is 0 Å². The molecule has 1 atom stereocenters. The van der Waals surface area contributed by atoms with Crippen LogP contribution in [0.1, 0.15) is 24.1 Å². The van der Waals surface area contributed by atoms with Crippen LogP contribution in [0, 0.1) is 0 Å². The fraction of sp³-hybridized carbons (Fsp3) is 0.217. The number of amidine groups is 1. The lowest BCUT2D eigenvalue weighted by atomic mass is 10.00. The maximum absolute atomic E-state index is 12.7. The number of amides is 1. The van der Waals surface area contributed by atoms with Gasteiger partial charge in [0.15, 0.2) is 5.17 Å². The number of rotatable bonds is 4. The van der Waals surface area contributed by atoms with Gasteiger partial charge in [0, 0.05) is 30.4 Å². The van der Waals surface area contributed by atoms with E-state index in [0.717, 1.165) is 33.4 Å². The Labute approximate surface area is 185 Å². The number of benzene rings is 2. The monoisotopic (exact) mass is 439 g/mol. The summed E-state index contributed by atoms with van der Waals surface area (Å²) >= 11 is 7.53. The summed E-state index contributed by atoms with van der Waals surface area (Å²) in [6, 6.07) is 15.5. The second-order valence-corrected chi connectivity index (χ2v) is 8.67. The molecule has 2 aliphatic rings. The molecule has 0 radical (unpaired) electrons. The van der Waals surface area contributed by atoms with Crippen LogP contribution in [0.25, 0.3) is 5.70 Å². The Balaban J connectivity index is 1.80. The molecule has 0 spiro atoms. The first kappa shape index (κ1) is 20.6. The van der Waals surface area contributed by atoms with E-state index in [1.807, 2.05) is 55.5 Å².